The first kappa shape index (κ1) is 18.8. The number of carbonyl (C=O) groups is 2. The summed E-state index contributed by atoms with van der Waals surface area (Å²) in [6.45, 7) is 2.16. The Balaban J connectivity index is 1.47. The lowest BCUT2D eigenvalue weighted by atomic mass is 10.1. The van der Waals surface area contributed by atoms with Crippen molar-refractivity contribution in [2.75, 3.05) is 10.6 Å². The van der Waals surface area contributed by atoms with E-state index >= 15 is 0 Å². The minimum Gasteiger partial charge on any atom is -0.365 e. The van der Waals surface area contributed by atoms with Crippen molar-refractivity contribution < 1.29 is 18.7 Å². The minimum atomic E-state index is -0.356. The molecule has 0 unspecified atom stereocenters. The maximum absolute atomic E-state index is 13.1. The maximum atomic E-state index is 13.1. The second-order valence-corrected chi connectivity index (χ2v) is 6.77. The van der Waals surface area contributed by atoms with Crippen molar-refractivity contribution in [1.82, 2.24) is 9.78 Å². The zero-order valence-electron chi connectivity index (χ0n) is 15.7. The van der Waals surface area contributed by atoms with Crippen LogP contribution >= 0.6 is 0 Å². The first-order valence-corrected chi connectivity index (χ1v) is 9.11. The molecule has 1 aromatic heterocycles. The molecule has 0 bridgehead atoms. The lowest BCUT2D eigenvalue weighted by Crippen LogP contribution is -2.22. The van der Waals surface area contributed by atoms with Crippen molar-refractivity contribution in [3.8, 4) is 0 Å². The number of rotatable bonds is 4. The molecule has 1 aliphatic heterocycles. The lowest BCUT2D eigenvalue weighted by molar-refractivity contribution is -0.114. The second kappa shape index (κ2) is 7.84. The summed E-state index contributed by atoms with van der Waals surface area (Å²) in [6.07, 6.45) is -0.256. The van der Waals surface area contributed by atoms with E-state index in [1.165, 1.54) is 19.1 Å². The Morgan fingerprint density at radius 1 is 1.10 bits per heavy atom. The Morgan fingerprint density at radius 2 is 1.83 bits per heavy atom. The maximum Gasteiger partial charge on any atom is 0.276 e. The van der Waals surface area contributed by atoms with Crippen LogP contribution in [0.15, 0.2) is 54.6 Å². The number of carbonyl (C=O) groups excluding carboxylic acids is 2. The molecule has 4 rings (SSSR count). The summed E-state index contributed by atoms with van der Waals surface area (Å²) in [7, 11) is 0. The van der Waals surface area contributed by atoms with Crippen LogP contribution in [0.2, 0.25) is 0 Å². The van der Waals surface area contributed by atoms with Gasteiger partial charge in [0.15, 0.2) is 5.69 Å². The Labute approximate surface area is 166 Å². The van der Waals surface area contributed by atoms with E-state index in [1.54, 1.807) is 47.1 Å². The van der Waals surface area contributed by atoms with Crippen molar-refractivity contribution in [2.24, 2.45) is 0 Å². The van der Waals surface area contributed by atoms with Gasteiger partial charge in [0.05, 0.1) is 18.8 Å². The van der Waals surface area contributed by atoms with Crippen LogP contribution in [0.25, 0.3) is 0 Å². The fourth-order valence-electron chi connectivity index (χ4n) is 3.19. The molecule has 0 fully saturated rings. The van der Waals surface area contributed by atoms with Gasteiger partial charge in [-0.15, -0.1) is 0 Å². The van der Waals surface area contributed by atoms with E-state index in [9.17, 15) is 14.0 Å². The van der Waals surface area contributed by atoms with Crippen molar-refractivity contribution >= 4 is 23.2 Å². The molecule has 0 saturated heterocycles. The molecule has 2 amide bonds. The molecule has 0 aliphatic carbocycles. The van der Waals surface area contributed by atoms with Crippen LogP contribution in [0.3, 0.4) is 0 Å². The zero-order chi connectivity index (χ0) is 20.4. The lowest BCUT2D eigenvalue weighted by Gasteiger charge is -2.24. The second-order valence-electron chi connectivity index (χ2n) is 6.77. The number of nitrogens with zero attached hydrogens (tertiary/aromatic N) is 2. The van der Waals surface area contributed by atoms with Gasteiger partial charge in [-0.3, -0.25) is 14.3 Å². The number of nitrogens with one attached hydrogen (secondary N) is 2. The number of hydrogen-bond donors (Lipinski definition) is 2. The molecule has 0 spiro atoms. The van der Waals surface area contributed by atoms with Gasteiger partial charge in [0.2, 0.25) is 5.91 Å². The van der Waals surface area contributed by atoms with E-state index in [0.29, 0.717) is 24.5 Å². The number of aromatic nitrogens is 2. The molecule has 3 aromatic rings. The van der Waals surface area contributed by atoms with Crippen LogP contribution in [0.1, 0.15) is 34.8 Å². The molecule has 2 heterocycles. The van der Waals surface area contributed by atoms with Gasteiger partial charge in [-0.2, -0.15) is 5.10 Å². The van der Waals surface area contributed by atoms with E-state index in [0.717, 1.165) is 11.3 Å². The van der Waals surface area contributed by atoms with Crippen molar-refractivity contribution in [3.05, 3.63) is 77.4 Å². The molecular weight excluding hydrogens is 375 g/mol. The van der Waals surface area contributed by atoms with Crippen molar-refractivity contribution in [1.29, 1.82) is 0 Å². The number of fused-ring (bicyclic) bond motifs is 1. The Bertz CT molecular complexity index is 1060. The predicted molar refractivity (Wildman–Crippen MR) is 105 cm³/mol. The number of hydrogen-bond acceptors (Lipinski definition) is 4. The Morgan fingerprint density at radius 3 is 2.55 bits per heavy atom. The molecule has 2 aromatic carbocycles. The summed E-state index contributed by atoms with van der Waals surface area (Å²) in [5.41, 5.74) is 3.06. The summed E-state index contributed by atoms with van der Waals surface area (Å²) in [4.78, 5) is 23.8. The van der Waals surface area contributed by atoms with Gasteiger partial charge in [-0.25, -0.2) is 4.39 Å². The Hall–Kier alpha value is -3.52. The van der Waals surface area contributed by atoms with E-state index < -0.39 is 0 Å². The topological polar surface area (TPSA) is 85.3 Å². The third-order valence-electron chi connectivity index (χ3n) is 4.55. The standard InChI is InChI=1S/C21H19FN4O3/c1-13(27)23-16-3-2-4-17(9-16)24-21(28)19-10-18-12-29-20(11-26(18)25-19)14-5-7-15(22)8-6-14/h2-10,20H,11-12H2,1H3,(H,23,27)(H,24,28)/t20-/m0/s1. The highest BCUT2D eigenvalue weighted by molar-refractivity contribution is 6.03. The first-order valence-electron chi connectivity index (χ1n) is 9.11. The van der Waals surface area contributed by atoms with E-state index in [4.69, 9.17) is 4.74 Å². The fourth-order valence-corrected chi connectivity index (χ4v) is 3.19. The van der Waals surface area contributed by atoms with Gasteiger partial charge in [0, 0.05) is 18.3 Å². The number of anilines is 2. The average Bonchev–Trinajstić information content (AvgIpc) is 3.12. The molecule has 1 atom stereocenters. The van der Waals surface area contributed by atoms with Crippen LogP contribution in [-0.4, -0.2) is 21.6 Å². The normalized spacial score (nSPS) is 15.4. The van der Waals surface area contributed by atoms with Gasteiger partial charge >= 0.3 is 0 Å². The summed E-state index contributed by atoms with van der Waals surface area (Å²) in [5, 5.41) is 9.85. The predicted octanol–water partition coefficient (Wildman–Crippen LogP) is 3.50. The third kappa shape index (κ3) is 4.33. The highest BCUT2D eigenvalue weighted by Gasteiger charge is 2.24. The van der Waals surface area contributed by atoms with Crippen molar-refractivity contribution in [2.45, 2.75) is 26.2 Å². The smallest absolute Gasteiger partial charge is 0.276 e. The monoisotopic (exact) mass is 394 g/mol. The molecule has 148 valence electrons. The van der Waals surface area contributed by atoms with Crippen LogP contribution < -0.4 is 10.6 Å². The van der Waals surface area contributed by atoms with Gasteiger partial charge < -0.3 is 15.4 Å². The summed E-state index contributed by atoms with van der Waals surface area (Å²) in [6, 6.07) is 14.7. The molecule has 7 nitrogen and oxygen atoms in total. The number of ether oxygens (including phenoxy) is 1. The molecule has 0 saturated carbocycles. The SMILES string of the molecule is CC(=O)Nc1cccc(NC(=O)c2cc3n(n2)C[C@@H](c2ccc(F)cc2)OC3)c1. The first-order chi connectivity index (χ1) is 14.0. The van der Waals surface area contributed by atoms with Crippen LogP contribution in [0.5, 0.6) is 0 Å². The van der Waals surface area contributed by atoms with Gasteiger partial charge in [0.1, 0.15) is 11.9 Å². The molecule has 2 N–H and O–H groups in total. The van der Waals surface area contributed by atoms with Crippen LogP contribution in [-0.2, 0) is 22.7 Å². The van der Waals surface area contributed by atoms with Crippen molar-refractivity contribution in [3.63, 3.8) is 0 Å². The van der Waals surface area contributed by atoms with E-state index in [-0.39, 0.29) is 29.4 Å². The molecule has 0 radical (unpaired) electrons. The quantitative estimate of drug-likeness (QED) is 0.709. The van der Waals surface area contributed by atoms with Gasteiger partial charge in [0.25, 0.3) is 5.91 Å². The summed E-state index contributed by atoms with van der Waals surface area (Å²) < 4.78 is 20.7. The largest absolute Gasteiger partial charge is 0.365 e. The number of benzene rings is 2. The van der Waals surface area contributed by atoms with Crippen LogP contribution in [0, 0.1) is 5.82 Å². The minimum absolute atomic E-state index is 0.189. The van der Waals surface area contributed by atoms with Crippen LogP contribution in [0.4, 0.5) is 15.8 Å². The van der Waals surface area contributed by atoms with Gasteiger partial charge in [-0.05, 0) is 42.0 Å². The number of halogens is 1. The highest BCUT2D eigenvalue weighted by Crippen LogP contribution is 2.27. The average molecular weight is 394 g/mol. The molecule has 8 heteroatoms. The molecule has 29 heavy (non-hydrogen) atoms. The fraction of sp³-hybridized carbons (Fsp3) is 0.190. The Kier molecular flexibility index (Phi) is 5.09. The highest BCUT2D eigenvalue weighted by atomic mass is 19.1. The molecule has 1 aliphatic rings. The summed E-state index contributed by atoms with van der Waals surface area (Å²) >= 11 is 0. The molecular formula is C21H19FN4O3. The van der Waals surface area contributed by atoms with E-state index in [1.807, 2.05) is 0 Å². The van der Waals surface area contributed by atoms with Gasteiger partial charge in [-0.1, -0.05) is 18.2 Å². The number of amides is 2. The summed E-state index contributed by atoms with van der Waals surface area (Å²) in [5.74, 6) is -0.845. The van der Waals surface area contributed by atoms with E-state index in [2.05, 4.69) is 15.7 Å². The zero-order valence-corrected chi connectivity index (χ0v) is 15.7. The third-order valence-corrected chi connectivity index (χ3v) is 4.55.